The van der Waals surface area contributed by atoms with E-state index in [4.69, 9.17) is 5.11 Å². The fraction of sp³-hybridized carbons (Fsp3) is 0.400. The summed E-state index contributed by atoms with van der Waals surface area (Å²) >= 11 is 0. The summed E-state index contributed by atoms with van der Waals surface area (Å²) in [5.74, 6) is -1.24. The Morgan fingerprint density at radius 1 is 1.38 bits per heavy atom. The van der Waals surface area contributed by atoms with E-state index < -0.39 is 12.0 Å². The minimum Gasteiger partial charge on any atom is -0.480 e. The van der Waals surface area contributed by atoms with Gasteiger partial charge in [0, 0.05) is 11.3 Å². The average Bonchev–Trinajstić information content (AvgIpc) is 2.87. The molecule has 1 aromatic carbocycles. The van der Waals surface area contributed by atoms with Crippen molar-refractivity contribution in [2.45, 2.75) is 25.8 Å². The normalized spacial score (nSPS) is 18.4. The number of carbonyl (C=O) groups excluding carboxylic acids is 2. The molecule has 0 radical (unpaired) electrons. The standard InChI is InChI=1S/C15H18N2O4/c1-10(18)11-4-2-5-12(8-11)16-14(19)9-17-7-3-6-13(17)15(20)21/h2,4-5,8,13H,3,6-7,9H2,1H3,(H,16,19)(H,20,21). The summed E-state index contributed by atoms with van der Waals surface area (Å²) < 4.78 is 0. The molecule has 1 aromatic rings. The maximum atomic E-state index is 12.0. The molecule has 1 saturated heterocycles. The fourth-order valence-electron chi connectivity index (χ4n) is 2.50. The monoisotopic (exact) mass is 290 g/mol. The van der Waals surface area contributed by atoms with Gasteiger partial charge in [-0.2, -0.15) is 0 Å². The van der Waals surface area contributed by atoms with Crippen molar-refractivity contribution >= 4 is 23.3 Å². The number of amides is 1. The summed E-state index contributed by atoms with van der Waals surface area (Å²) in [7, 11) is 0. The van der Waals surface area contributed by atoms with Crippen LogP contribution in [0.1, 0.15) is 30.1 Å². The van der Waals surface area contributed by atoms with E-state index in [1.807, 2.05) is 0 Å². The largest absolute Gasteiger partial charge is 0.480 e. The molecule has 2 N–H and O–H groups in total. The third-order valence-electron chi connectivity index (χ3n) is 3.55. The second kappa shape index (κ2) is 6.49. The van der Waals surface area contributed by atoms with Crippen LogP contribution in [0.25, 0.3) is 0 Å². The van der Waals surface area contributed by atoms with Crippen molar-refractivity contribution in [2.75, 3.05) is 18.4 Å². The van der Waals surface area contributed by atoms with Gasteiger partial charge in [-0.1, -0.05) is 12.1 Å². The first kappa shape index (κ1) is 15.2. The van der Waals surface area contributed by atoms with Crippen molar-refractivity contribution in [2.24, 2.45) is 0 Å². The van der Waals surface area contributed by atoms with Crippen LogP contribution in [0.5, 0.6) is 0 Å². The highest BCUT2D eigenvalue weighted by Crippen LogP contribution is 2.17. The van der Waals surface area contributed by atoms with Crippen molar-refractivity contribution in [3.63, 3.8) is 0 Å². The van der Waals surface area contributed by atoms with Crippen LogP contribution in [0.2, 0.25) is 0 Å². The Hall–Kier alpha value is -2.21. The number of likely N-dealkylation sites (tertiary alicyclic amines) is 1. The second-order valence-corrected chi connectivity index (χ2v) is 5.15. The number of hydrogen-bond donors (Lipinski definition) is 2. The Morgan fingerprint density at radius 3 is 2.81 bits per heavy atom. The number of benzene rings is 1. The molecule has 1 aliphatic rings. The van der Waals surface area contributed by atoms with E-state index in [9.17, 15) is 14.4 Å². The Morgan fingerprint density at radius 2 is 2.14 bits per heavy atom. The SMILES string of the molecule is CC(=O)c1cccc(NC(=O)CN2CCCC2C(=O)O)c1. The third-order valence-corrected chi connectivity index (χ3v) is 3.55. The highest BCUT2D eigenvalue weighted by Gasteiger charge is 2.31. The number of carboxylic acids is 1. The van der Waals surface area contributed by atoms with Crippen LogP contribution in [-0.2, 0) is 9.59 Å². The first-order valence-electron chi connectivity index (χ1n) is 6.85. The quantitative estimate of drug-likeness (QED) is 0.800. The fourth-order valence-corrected chi connectivity index (χ4v) is 2.50. The lowest BCUT2D eigenvalue weighted by Crippen LogP contribution is -2.40. The molecular weight excluding hydrogens is 272 g/mol. The van der Waals surface area contributed by atoms with Crippen LogP contribution in [0.3, 0.4) is 0 Å². The van der Waals surface area contributed by atoms with Crippen molar-refractivity contribution in [1.29, 1.82) is 0 Å². The van der Waals surface area contributed by atoms with Gasteiger partial charge in [0.15, 0.2) is 5.78 Å². The zero-order valence-corrected chi connectivity index (χ0v) is 11.8. The van der Waals surface area contributed by atoms with Crippen LogP contribution >= 0.6 is 0 Å². The molecule has 1 atom stereocenters. The van der Waals surface area contributed by atoms with Gasteiger partial charge >= 0.3 is 5.97 Å². The third kappa shape index (κ3) is 3.88. The lowest BCUT2D eigenvalue weighted by Gasteiger charge is -2.20. The average molecular weight is 290 g/mol. The maximum Gasteiger partial charge on any atom is 0.320 e. The Kier molecular flexibility index (Phi) is 4.70. The van der Waals surface area contributed by atoms with E-state index in [1.54, 1.807) is 29.2 Å². The molecule has 0 aromatic heterocycles. The van der Waals surface area contributed by atoms with Crippen molar-refractivity contribution < 1.29 is 19.5 Å². The molecule has 0 aliphatic carbocycles. The first-order chi connectivity index (χ1) is 9.97. The molecule has 2 rings (SSSR count). The van der Waals surface area contributed by atoms with E-state index in [0.717, 1.165) is 6.42 Å². The molecule has 0 saturated carbocycles. The number of carbonyl (C=O) groups is 3. The predicted octanol–water partition coefficient (Wildman–Crippen LogP) is 1.38. The van der Waals surface area contributed by atoms with Crippen LogP contribution < -0.4 is 5.32 Å². The van der Waals surface area contributed by atoms with Gasteiger partial charge in [-0.25, -0.2) is 0 Å². The Labute approximate surface area is 122 Å². The summed E-state index contributed by atoms with van der Waals surface area (Å²) in [4.78, 5) is 36.0. The van der Waals surface area contributed by atoms with Gasteiger partial charge in [0.25, 0.3) is 0 Å². The van der Waals surface area contributed by atoms with Crippen molar-refractivity contribution in [3.05, 3.63) is 29.8 Å². The molecule has 1 amide bonds. The Bertz CT molecular complexity index is 571. The van der Waals surface area contributed by atoms with E-state index >= 15 is 0 Å². The van der Waals surface area contributed by atoms with Gasteiger partial charge in [-0.05, 0) is 38.4 Å². The minimum absolute atomic E-state index is 0.0429. The van der Waals surface area contributed by atoms with Gasteiger partial charge in [0.05, 0.1) is 6.54 Å². The van der Waals surface area contributed by atoms with Gasteiger partial charge < -0.3 is 10.4 Å². The molecule has 0 spiro atoms. The Balaban J connectivity index is 1.97. The molecule has 6 nitrogen and oxygen atoms in total. The topological polar surface area (TPSA) is 86.7 Å². The number of anilines is 1. The van der Waals surface area contributed by atoms with Crippen molar-refractivity contribution in [1.82, 2.24) is 4.90 Å². The highest BCUT2D eigenvalue weighted by molar-refractivity contribution is 5.97. The molecule has 112 valence electrons. The van der Waals surface area contributed by atoms with Gasteiger partial charge in [0.2, 0.25) is 5.91 Å². The summed E-state index contributed by atoms with van der Waals surface area (Å²) in [6, 6.07) is 6.10. The van der Waals surface area contributed by atoms with Gasteiger partial charge in [-0.15, -0.1) is 0 Å². The number of nitrogens with zero attached hydrogens (tertiary/aromatic N) is 1. The molecule has 1 aliphatic heterocycles. The maximum absolute atomic E-state index is 12.0. The summed E-state index contributed by atoms with van der Waals surface area (Å²) in [5.41, 5.74) is 1.07. The summed E-state index contributed by atoms with van der Waals surface area (Å²) in [6.45, 7) is 2.11. The molecule has 1 fully saturated rings. The zero-order chi connectivity index (χ0) is 15.4. The minimum atomic E-state index is -0.890. The van der Waals surface area contributed by atoms with Crippen LogP contribution in [0, 0.1) is 0 Å². The molecule has 21 heavy (non-hydrogen) atoms. The van der Waals surface area contributed by atoms with E-state index in [2.05, 4.69) is 5.32 Å². The molecule has 1 unspecified atom stereocenters. The summed E-state index contributed by atoms with van der Waals surface area (Å²) in [5, 5.41) is 11.8. The van der Waals surface area contributed by atoms with E-state index in [1.165, 1.54) is 6.92 Å². The van der Waals surface area contributed by atoms with E-state index in [0.29, 0.717) is 24.2 Å². The zero-order valence-electron chi connectivity index (χ0n) is 11.8. The molecule has 6 heteroatoms. The van der Waals surface area contributed by atoms with Gasteiger partial charge in [0.1, 0.15) is 6.04 Å². The van der Waals surface area contributed by atoms with Crippen LogP contribution in [0.15, 0.2) is 24.3 Å². The molecule has 1 heterocycles. The number of hydrogen-bond acceptors (Lipinski definition) is 4. The highest BCUT2D eigenvalue weighted by atomic mass is 16.4. The molecular formula is C15H18N2O4. The number of ketones is 1. The smallest absolute Gasteiger partial charge is 0.320 e. The second-order valence-electron chi connectivity index (χ2n) is 5.15. The lowest BCUT2D eigenvalue weighted by atomic mass is 10.1. The van der Waals surface area contributed by atoms with Crippen LogP contribution in [0.4, 0.5) is 5.69 Å². The van der Waals surface area contributed by atoms with E-state index in [-0.39, 0.29) is 18.2 Å². The van der Waals surface area contributed by atoms with Crippen LogP contribution in [-0.4, -0.2) is 46.8 Å². The number of rotatable bonds is 5. The summed E-state index contributed by atoms with van der Waals surface area (Å²) in [6.07, 6.45) is 1.35. The number of carboxylic acid groups (broad SMARTS) is 1. The number of Topliss-reactive ketones (excluding diaryl/α,β-unsaturated/α-hetero) is 1. The predicted molar refractivity (Wildman–Crippen MR) is 77.3 cm³/mol. The van der Waals surface area contributed by atoms with Gasteiger partial charge in [-0.3, -0.25) is 19.3 Å². The molecule has 0 bridgehead atoms. The first-order valence-corrected chi connectivity index (χ1v) is 6.85. The number of nitrogens with one attached hydrogen (secondary N) is 1. The lowest BCUT2D eigenvalue weighted by molar-refractivity contribution is -0.142. The van der Waals surface area contributed by atoms with Crippen molar-refractivity contribution in [3.8, 4) is 0 Å². The number of aliphatic carboxylic acids is 1.